The van der Waals surface area contributed by atoms with Crippen LogP contribution in [0.2, 0.25) is 0 Å². The van der Waals surface area contributed by atoms with E-state index in [0.717, 1.165) is 0 Å². The van der Waals surface area contributed by atoms with Crippen molar-refractivity contribution in [3.8, 4) is 0 Å². The normalized spacial score (nSPS) is 9.30. The third-order valence-electron chi connectivity index (χ3n) is 1.06. The van der Waals surface area contributed by atoms with Crippen molar-refractivity contribution in [2.45, 2.75) is 6.54 Å². The first-order valence-corrected chi connectivity index (χ1v) is 2.87. The third-order valence-corrected chi connectivity index (χ3v) is 1.06. The number of nitrogens with zero attached hydrogens (tertiary/aromatic N) is 3. The van der Waals surface area contributed by atoms with Crippen molar-refractivity contribution in [2.75, 3.05) is 7.05 Å². The number of hydrogen-bond acceptors (Lipinski definition) is 3. The molecule has 1 aromatic heterocycles. The molecule has 0 radical (unpaired) electrons. The van der Waals surface area contributed by atoms with Gasteiger partial charge in [0.25, 0.3) is 0 Å². The van der Waals surface area contributed by atoms with Gasteiger partial charge in [0.1, 0.15) is 6.54 Å². The van der Waals surface area contributed by atoms with Crippen LogP contribution in [0.15, 0.2) is 12.4 Å². The van der Waals surface area contributed by atoms with Gasteiger partial charge in [-0.25, -0.2) is 4.68 Å². The minimum absolute atomic E-state index is 0.0782. The second-order valence-electron chi connectivity index (χ2n) is 1.77. The van der Waals surface area contributed by atoms with Crippen LogP contribution in [-0.4, -0.2) is 27.9 Å². The fraction of sp³-hybridized carbons (Fsp3) is 0.400. The average Bonchev–Trinajstić information content (AvgIpc) is 2.40. The lowest BCUT2D eigenvalue weighted by Gasteiger charge is -1.96. The molecule has 0 aliphatic carbocycles. The number of carbonyl (C=O) groups excluding carboxylic acids is 1. The molecule has 0 bridgehead atoms. The summed E-state index contributed by atoms with van der Waals surface area (Å²) in [5, 5.41) is 9.63. The van der Waals surface area contributed by atoms with Gasteiger partial charge in [-0.1, -0.05) is 5.21 Å². The number of aromatic nitrogens is 3. The molecule has 0 atom stereocenters. The molecule has 0 aliphatic heterocycles. The van der Waals surface area contributed by atoms with E-state index in [1.54, 1.807) is 13.2 Å². The predicted octanol–water partition coefficient (Wildman–Crippen LogP) is -0.976. The summed E-state index contributed by atoms with van der Waals surface area (Å²) in [4.78, 5) is 10.7. The highest BCUT2D eigenvalue weighted by Crippen LogP contribution is 1.78. The number of likely N-dealkylation sites (N-methyl/N-ethyl adjacent to an activating group) is 1. The fourth-order valence-electron chi connectivity index (χ4n) is 0.543. The number of rotatable bonds is 2. The highest BCUT2D eigenvalue weighted by Gasteiger charge is 1.97. The van der Waals surface area contributed by atoms with Crippen molar-refractivity contribution in [1.82, 2.24) is 20.3 Å². The fourth-order valence-corrected chi connectivity index (χ4v) is 0.543. The molecule has 0 unspecified atom stereocenters. The molecular formula is C5H8N4O. The van der Waals surface area contributed by atoms with Crippen molar-refractivity contribution < 1.29 is 4.79 Å². The van der Waals surface area contributed by atoms with Gasteiger partial charge in [-0.2, -0.15) is 0 Å². The molecule has 0 saturated heterocycles. The molecule has 1 rings (SSSR count). The lowest BCUT2D eigenvalue weighted by Crippen LogP contribution is -2.23. The first-order valence-electron chi connectivity index (χ1n) is 2.87. The number of nitrogens with one attached hydrogen (secondary N) is 1. The second-order valence-corrected chi connectivity index (χ2v) is 1.77. The summed E-state index contributed by atoms with van der Waals surface area (Å²) in [5.41, 5.74) is 0. The smallest absolute Gasteiger partial charge is 0.241 e. The molecule has 1 aromatic rings. The lowest BCUT2D eigenvalue weighted by atomic mass is 10.6. The molecule has 10 heavy (non-hydrogen) atoms. The highest BCUT2D eigenvalue weighted by molar-refractivity contribution is 5.75. The van der Waals surface area contributed by atoms with Crippen molar-refractivity contribution in [2.24, 2.45) is 0 Å². The summed E-state index contributed by atoms with van der Waals surface area (Å²) >= 11 is 0. The molecule has 54 valence electrons. The molecular weight excluding hydrogens is 132 g/mol. The zero-order valence-electron chi connectivity index (χ0n) is 5.61. The van der Waals surface area contributed by atoms with Crippen LogP contribution in [0.4, 0.5) is 0 Å². The highest BCUT2D eigenvalue weighted by atomic mass is 16.1. The Morgan fingerprint density at radius 3 is 3.10 bits per heavy atom. The first-order chi connectivity index (χ1) is 4.83. The van der Waals surface area contributed by atoms with E-state index < -0.39 is 0 Å². The maximum absolute atomic E-state index is 10.7. The van der Waals surface area contributed by atoms with Crippen molar-refractivity contribution in [3.63, 3.8) is 0 Å². The molecule has 0 saturated carbocycles. The number of amides is 1. The van der Waals surface area contributed by atoms with Crippen LogP contribution in [0.5, 0.6) is 0 Å². The Labute approximate surface area is 58.0 Å². The quantitative estimate of drug-likeness (QED) is 0.574. The van der Waals surface area contributed by atoms with Gasteiger partial charge in [0.05, 0.1) is 6.20 Å². The Kier molecular flexibility index (Phi) is 1.99. The van der Waals surface area contributed by atoms with Gasteiger partial charge in [0, 0.05) is 13.2 Å². The Balaban J connectivity index is 2.48. The van der Waals surface area contributed by atoms with E-state index in [4.69, 9.17) is 0 Å². The summed E-state index contributed by atoms with van der Waals surface area (Å²) in [7, 11) is 1.58. The van der Waals surface area contributed by atoms with Crippen molar-refractivity contribution in [1.29, 1.82) is 0 Å². The van der Waals surface area contributed by atoms with Crippen LogP contribution in [0.25, 0.3) is 0 Å². The Morgan fingerprint density at radius 2 is 2.60 bits per heavy atom. The monoisotopic (exact) mass is 140 g/mol. The standard InChI is InChI=1S/C5H8N4O/c1-6-5(10)4-9-3-2-7-8-9/h2-3H,4H2,1H3,(H,6,10). The summed E-state index contributed by atoms with van der Waals surface area (Å²) in [6.07, 6.45) is 3.16. The Bertz CT molecular complexity index is 205. The first kappa shape index (κ1) is 6.73. The molecule has 0 spiro atoms. The van der Waals surface area contributed by atoms with Crippen LogP contribution in [0.1, 0.15) is 0 Å². The van der Waals surface area contributed by atoms with E-state index in [1.807, 2.05) is 0 Å². The zero-order valence-corrected chi connectivity index (χ0v) is 5.61. The summed E-state index contributed by atoms with van der Waals surface area (Å²) < 4.78 is 1.46. The maximum atomic E-state index is 10.7. The predicted molar refractivity (Wildman–Crippen MR) is 34.1 cm³/mol. The maximum Gasteiger partial charge on any atom is 0.241 e. The molecule has 1 amide bonds. The van der Waals surface area contributed by atoms with Gasteiger partial charge in [-0.05, 0) is 0 Å². The largest absolute Gasteiger partial charge is 0.358 e. The molecule has 1 heterocycles. The van der Waals surface area contributed by atoms with Crippen LogP contribution in [0.3, 0.4) is 0 Å². The minimum atomic E-state index is -0.0782. The van der Waals surface area contributed by atoms with Gasteiger partial charge < -0.3 is 5.32 Å². The van der Waals surface area contributed by atoms with Gasteiger partial charge in [-0.15, -0.1) is 5.10 Å². The number of hydrogen-bond donors (Lipinski definition) is 1. The molecule has 0 aromatic carbocycles. The number of carbonyl (C=O) groups is 1. The van der Waals surface area contributed by atoms with E-state index >= 15 is 0 Å². The zero-order chi connectivity index (χ0) is 7.40. The van der Waals surface area contributed by atoms with E-state index in [9.17, 15) is 4.79 Å². The SMILES string of the molecule is CNC(=O)Cn1ccnn1. The van der Waals surface area contributed by atoms with Gasteiger partial charge in [0.2, 0.25) is 5.91 Å². The van der Waals surface area contributed by atoms with Crippen LogP contribution in [-0.2, 0) is 11.3 Å². The molecule has 0 fully saturated rings. The van der Waals surface area contributed by atoms with Crippen LogP contribution >= 0.6 is 0 Å². The lowest BCUT2D eigenvalue weighted by molar-refractivity contribution is -0.121. The molecule has 5 heteroatoms. The molecule has 0 aliphatic rings. The van der Waals surface area contributed by atoms with E-state index in [2.05, 4.69) is 15.6 Å². The Morgan fingerprint density at radius 1 is 1.80 bits per heavy atom. The van der Waals surface area contributed by atoms with Gasteiger partial charge in [0.15, 0.2) is 0 Å². The average molecular weight is 140 g/mol. The van der Waals surface area contributed by atoms with E-state index in [1.165, 1.54) is 10.9 Å². The minimum Gasteiger partial charge on any atom is -0.358 e. The third kappa shape index (κ3) is 1.54. The summed E-state index contributed by atoms with van der Waals surface area (Å²) in [6.45, 7) is 0.233. The van der Waals surface area contributed by atoms with Crippen molar-refractivity contribution >= 4 is 5.91 Å². The Hall–Kier alpha value is -1.39. The van der Waals surface area contributed by atoms with Crippen molar-refractivity contribution in [3.05, 3.63) is 12.4 Å². The van der Waals surface area contributed by atoms with Crippen LogP contribution in [0, 0.1) is 0 Å². The van der Waals surface area contributed by atoms with Gasteiger partial charge >= 0.3 is 0 Å². The summed E-state index contributed by atoms with van der Waals surface area (Å²) in [6, 6.07) is 0. The van der Waals surface area contributed by atoms with E-state index in [-0.39, 0.29) is 12.5 Å². The molecule has 5 nitrogen and oxygen atoms in total. The van der Waals surface area contributed by atoms with E-state index in [0.29, 0.717) is 0 Å². The molecule has 1 N–H and O–H groups in total. The topological polar surface area (TPSA) is 59.8 Å². The van der Waals surface area contributed by atoms with Crippen LogP contribution < -0.4 is 5.32 Å². The van der Waals surface area contributed by atoms with Gasteiger partial charge in [-0.3, -0.25) is 4.79 Å². The second kappa shape index (κ2) is 2.95. The summed E-state index contributed by atoms with van der Waals surface area (Å²) in [5.74, 6) is -0.0782.